The molecule has 0 saturated carbocycles. The van der Waals surface area contributed by atoms with Crippen molar-refractivity contribution in [1.82, 2.24) is 10.3 Å². The molecule has 0 radical (unpaired) electrons. The third-order valence-electron chi connectivity index (χ3n) is 3.67. The van der Waals surface area contributed by atoms with Crippen LogP contribution in [0, 0.1) is 0 Å². The highest BCUT2D eigenvalue weighted by Crippen LogP contribution is 2.30. The average Bonchev–Trinajstić information content (AvgIpc) is 3.15. The third kappa shape index (κ3) is 5.64. The van der Waals surface area contributed by atoms with Gasteiger partial charge in [0.1, 0.15) is 18.2 Å². The van der Waals surface area contributed by atoms with Gasteiger partial charge in [-0.15, -0.1) is 11.3 Å². The van der Waals surface area contributed by atoms with Crippen LogP contribution in [-0.4, -0.2) is 23.4 Å². The first-order chi connectivity index (χ1) is 13.1. The van der Waals surface area contributed by atoms with Gasteiger partial charge in [0, 0.05) is 10.9 Å². The van der Waals surface area contributed by atoms with Gasteiger partial charge in [0.2, 0.25) is 5.91 Å². The van der Waals surface area contributed by atoms with Crippen LogP contribution < -0.4 is 5.32 Å². The molecule has 2 aromatic carbocycles. The number of rotatable bonds is 7. The molecule has 1 aromatic heterocycles. The molecular weight excluding hydrogens is 384 g/mol. The summed E-state index contributed by atoms with van der Waals surface area (Å²) >= 11 is 7.60. The van der Waals surface area contributed by atoms with Crippen molar-refractivity contribution in [2.75, 3.05) is 6.54 Å². The second-order valence-corrected chi connectivity index (χ2v) is 6.99. The molecule has 0 bridgehead atoms. The van der Waals surface area contributed by atoms with Crippen molar-refractivity contribution in [3.05, 3.63) is 76.3 Å². The third-order valence-corrected chi connectivity index (χ3v) is 4.93. The predicted octanol–water partition coefficient (Wildman–Crippen LogP) is 3.87. The first-order valence-electron chi connectivity index (χ1n) is 8.27. The van der Waals surface area contributed by atoms with Crippen molar-refractivity contribution >= 4 is 34.8 Å². The number of thiazole rings is 1. The van der Waals surface area contributed by atoms with E-state index in [1.165, 1.54) is 11.3 Å². The van der Waals surface area contributed by atoms with Crippen molar-refractivity contribution in [2.24, 2.45) is 0 Å². The zero-order valence-corrected chi connectivity index (χ0v) is 15.9. The second-order valence-electron chi connectivity index (χ2n) is 5.72. The standard InChI is InChI=1S/C20H17ClN2O3S/c21-17-9-5-4-8-16(17)20-23-15(13-27-20)12-26-19(25)11-22-18(24)10-14-6-2-1-3-7-14/h1-9,13H,10-12H2,(H,22,24). The van der Waals surface area contributed by atoms with E-state index < -0.39 is 5.97 Å². The van der Waals surface area contributed by atoms with Gasteiger partial charge in [-0.3, -0.25) is 9.59 Å². The lowest BCUT2D eigenvalue weighted by molar-refractivity contribution is -0.145. The average molecular weight is 401 g/mol. The van der Waals surface area contributed by atoms with Crippen LogP contribution in [0.25, 0.3) is 10.6 Å². The Morgan fingerprint density at radius 1 is 1.07 bits per heavy atom. The molecule has 0 aliphatic carbocycles. The number of carbonyl (C=O) groups excluding carboxylic acids is 2. The van der Waals surface area contributed by atoms with E-state index in [-0.39, 0.29) is 25.5 Å². The lowest BCUT2D eigenvalue weighted by Gasteiger charge is -2.06. The second kappa shape index (κ2) is 9.30. The summed E-state index contributed by atoms with van der Waals surface area (Å²) in [4.78, 5) is 28.1. The Hall–Kier alpha value is -2.70. The Bertz CT molecular complexity index is 928. The van der Waals surface area contributed by atoms with Crippen LogP contribution in [0.2, 0.25) is 5.02 Å². The molecule has 138 valence electrons. The number of amides is 1. The van der Waals surface area contributed by atoms with Crippen LogP contribution >= 0.6 is 22.9 Å². The lowest BCUT2D eigenvalue weighted by atomic mass is 10.1. The molecule has 0 fully saturated rings. The number of aromatic nitrogens is 1. The van der Waals surface area contributed by atoms with Gasteiger partial charge in [-0.2, -0.15) is 0 Å². The topological polar surface area (TPSA) is 68.3 Å². The van der Waals surface area contributed by atoms with E-state index >= 15 is 0 Å². The summed E-state index contributed by atoms with van der Waals surface area (Å²) in [5, 5.41) is 5.76. The fourth-order valence-electron chi connectivity index (χ4n) is 2.35. The summed E-state index contributed by atoms with van der Waals surface area (Å²) in [5.74, 6) is -0.739. The minimum Gasteiger partial charge on any atom is -0.458 e. The molecule has 1 amide bonds. The molecule has 7 heteroatoms. The SMILES string of the molecule is O=C(Cc1ccccc1)NCC(=O)OCc1csc(-c2ccccc2Cl)n1. The lowest BCUT2D eigenvalue weighted by Crippen LogP contribution is -2.31. The van der Waals surface area contributed by atoms with E-state index in [1.54, 1.807) is 6.07 Å². The van der Waals surface area contributed by atoms with E-state index in [4.69, 9.17) is 16.3 Å². The maximum Gasteiger partial charge on any atom is 0.325 e. The highest BCUT2D eigenvalue weighted by molar-refractivity contribution is 7.13. The molecule has 0 spiro atoms. The van der Waals surface area contributed by atoms with Gasteiger partial charge < -0.3 is 10.1 Å². The fourth-order valence-corrected chi connectivity index (χ4v) is 3.48. The normalized spacial score (nSPS) is 10.4. The zero-order valence-electron chi connectivity index (χ0n) is 14.4. The van der Waals surface area contributed by atoms with Crippen LogP contribution in [0.3, 0.4) is 0 Å². The van der Waals surface area contributed by atoms with Gasteiger partial charge >= 0.3 is 5.97 Å². The molecule has 0 aliphatic rings. The van der Waals surface area contributed by atoms with E-state index in [0.29, 0.717) is 10.7 Å². The number of halogens is 1. The smallest absolute Gasteiger partial charge is 0.325 e. The van der Waals surface area contributed by atoms with Crippen LogP contribution in [0.4, 0.5) is 0 Å². The number of ether oxygens (including phenoxy) is 1. The van der Waals surface area contributed by atoms with Gasteiger partial charge in [-0.1, -0.05) is 60.1 Å². The van der Waals surface area contributed by atoms with Gasteiger partial charge in [0.15, 0.2) is 0 Å². The Morgan fingerprint density at radius 3 is 2.59 bits per heavy atom. The molecule has 27 heavy (non-hydrogen) atoms. The highest BCUT2D eigenvalue weighted by Gasteiger charge is 2.11. The van der Waals surface area contributed by atoms with E-state index in [1.807, 2.05) is 53.9 Å². The monoisotopic (exact) mass is 400 g/mol. The number of nitrogens with zero attached hydrogens (tertiary/aromatic N) is 1. The molecule has 0 aliphatic heterocycles. The molecule has 0 atom stereocenters. The fraction of sp³-hybridized carbons (Fsp3) is 0.150. The highest BCUT2D eigenvalue weighted by atomic mass is 35.5. The summed E-state index contributed by atoms with van der Waals surface area (Å²) < 4.78 is 5.17. The van der Waals surface area contributed by atoms with E-state index in [2.05, 4.69) is 10.3 Å². The molecule has 0 unspecified atom stereocenters. The van der Waals surface area contributed by atoms with Crippen molar-refractivity contribution in [2.45, 2.75) is 13.0 Å². The minimum atomic E-state index is -0.510. The molecule has 0 saturated heterocycles. The predicted molar refractivity (Wildman–Crippen MR) is 106 cm³/mol. The quantitative estimate of drug-likeness (QED) is 0.611. The van der Waals surface area contributed by atoms with E-state index in [0.717, 1.165) is 16.1 Å². The van der Waals surface area contributed by atoms with E-state index in [9.17, 15) is 9.59 Å². The zero-order chi connectivity index (χ0) is 19.1. The summed E-state index contributed by atoms with van der Waals surface area (Å²) in [6.07, 6.45) is 0.224. The van der Waals surface area contributed by atoms with Crippen molar-refractivity contribution in [3.63, 3.8) is 0 Å². The molecule has 5 nitrogen and oxygen atoms in total. The van der Waals surface area contributed by atoms with Crippen molar-refractivity contribution in [1.29, 1.82) is 0 Å². The summed E-state index contributed by atoms with van der Waals surface area (Å²) in [5.41, 5.74) is 2.37. The number of nitrogens with one attached hydrogen (secondary N) is 1. The van der Waals surface area contributed by atoms with Gasteiger partial charge in [-0.25, -0.2) is 4.98 Å². The van der Waals surface area contributed by atoms with Crippen LogP contribution in [0.5, 0.6) is 0 Å². The molecule has 1 heterocycles. The van der Waals surface area contributed by atoms with Crippen molar-refractivity contribution in [3.8, 4) is 10.6 Å². The first kappa shape index (κ1) is 19.1. The maximum atomic E-state index is 11.8. The van der Waals surface area contributed by atoms with Crippen molar-refractivity contribution < 1.29 is 14.3 Å². The van der Waals surface area contributed by atoms with Gasteiger partial charge in [0.25, 0.3) is 0 Å². The number of carbonyl (C=O) groups is 2. The number of hydrogen-bond donors (Lipinski definition) is 1. The molecule has 3 aromatic rings. The number of benzene rings is 2. The van der Waals surface area contributed by atoms with Crippen LogP contribution in [0.1, 0.15) is 11.3 Å². The number of hydrogen-bond acceptors (Lipinski definition) is 5. The van der Waals surface area contributed by atoms with Crippen LogP contribution in [-0.2, 0) is 27.4 Å². The Balaban J connectivity index is 1.44. The molecule has 1 N–H and O–H groups in total. The maximum absolute atomic E-state index is 11.8. The number of esters is 1. The molecular formula is C20H17ClN2O3S. The Labute approximate surface area is 166 Å². The largest absolute Gasteiger partial charge is 0.458 e. The Kier molecular flexibility index (Phi) is 6.57. The van der Waals surface area contributed by atoms with Gasteiger partial charge in [-0.05, 0) is 11.6 Å². The summed E-state index contributed by atoms with van der Waals surface area (Å²) in [6.45, 7) is -0.123. The summed E-state index contributed by atoms with van der Waals surface area (Å²) in [6, 6.07) is 16.8. The first-order valence-corrected chi connectivity index (χ1v) is 9.53. The molecule has 3 rings (SSSR count). The Morgan fingerprint density at radius 2 is 1.81 bits per heavy atom. The van der Waals surface area contributed by atoms with Gasteiger partial charge in [0.05, 0.1) is 17.1 Å². The van der Waals surface area contributed by atoms with Crippen LogP contribution in [0.15, 0.2) is 60.0 Å². The summed E-state index contributed by atoms with van der Waals surface area (Å²) in [7, 11) is 0. The minimum absolute atomic E-state index is 0.0499.